The fourth-order valence-electron chi connectivity index (χ4n) is 1.35. The van der Waals surface area contributed by atoms with Gasteiger partial charge in [-0.3, -0.25) is 0 Å². The zero-order chi connectivity index (χ0) is 11.5. The van der Waals surface area contributed by atoms with Crippen LogP contribution in [0.3, 0.4) is 0 Å². The van der Waals surface area contributed by atoms with Gasteiger partial charge in [-0.25, -0.2) is 4.98 Å². The smallest absolute Gasteiger partial charge is 0.226 e. The van der Waals surface area contributed by atoms with Crippen LogP contribution in [0.5, 0.6) is 0 Å². The van der Waals surface area contributed by atoms with Gasteiger partial charge in [0, 0.05) is 16.2 Å². The lowest BCUT2D eigenvalue weighted by molar-refractivity contribution is 0.541. The van der Waals surface area contributed by atoms with E-state index in [0.717, 1.165) is 17.0 Å². The number of hydrogen-bond donors (Lipinski definition) is 0. The Labute approximate surface area is 92.4 Å². The summed E-state index contributed by atoms with van der Waals surface area (Å²) in [5.41, 5.74) is 10.6. The highest BCUT2D eigenvalue weighted by molar-refractivity contribution is 5.59. The molecule has 0 unspecified atom stereocenters. The SMILES string of the molecule is Cc1nc(-c2cccc(N=[N+]=[N-])c2)oc1C. The quantitative estimate of drug-likeness (QED) is 0.432. The molecule has 1 aromatic carbocycles. The highest BCUT2D eigenvalue weighted by atomic mass is 16.4. The minimum absolute atomic E-state index is 0.546. The highest BCUT2D eigenvalue weighted by Gasteiger charge is 2.07. The van der Waals surface area contributed by atoms with E-state index in [1.165, 1.54) is 0 Å². The second-order valence-electron chi connectivity index (χ2n) is 3.40. The van der Waals surface area contributed by atoms with Gasteiger partial charge in [-0.2, -0.15) is 0 Å². The van der Waals surface area contributed by atoms with E-state index in [1.807, 2.05) is 19.9 Å². The summed E-state index contributed by atoms with van der Waals surface area (Å²) in [6, 6.07) is 7.13. The molecule has 0 aliphatic carbocycles. The van der Waals surface area contributed by atoms with Gasteiger partial charge in [0.05, 0.1) is 5.69 Å². The van der Waals surface area contributed by atoms with Crippen molar-refractivity contribution in [3.05, 3.63) is 46.2 Å². The summed E-state index contributed by atoms with van der Waals surface area (Å²) in [6.07, 6.45) is 0. The Bertz CT molecular complexity index is 548. The van der Waals surface area contributed by atoms with Gasteiger partial charge in [0.2, 0.25) is 5.89 Å². The van der Waals surface area contributed by atoms with E-state index in [2.05, 4.69) is 15.0 Å². The second kappa shape index (κ2) is 4.08. The Morgan fingerprint density at radius 3 is 2.81 bits per heavy atom. The molecule has 5 heteroatoms. The predicted molar refractivity (Wildman–Crippen MR) is 60.2 cm³/mol. The van der Waals surface area contributed by atoms with Crippen molar-refractivity contribution in [3.63, 3.8) is 0 Å². The minimum atomic E-state index is 0.546. The third-order valence-corrected chi connectivity index (χ3v) is 2.28. The first-order valence-electron chi connectivity index (χ1n) is 4.80. The summed E-state index contributed by atoms with van der Waals surface area (Å²) in [6.45, 7) is 3.75. The van der Waals surface area contributed by atoms with Crippen molar-refractivity contribution < 1.29 is 4.42 Å². The van der Waals surface area contributed by atoms with Crippen LogP contribution in [-0.2, 0) is 0 Å². The summed E-state index contributed by atoms with van der Waals surface area (Å²) >= 11 is 0. The Morgan fingerprint density at radius 2 is 2.19 bits per heavy atom. The van der Waals surface area contributed by atoms with Gasteiger partial charge >= 0.3 is 0 Å². The topological polar surface area (TPSA) is 74.8 Å². The molecule has 1 aromatic heterocycles. The normalized spacial score (nSPS) is 9.88. The molecule has 0 radical (unpaired) electrons. The van der Waals surface area contributed by atoms with Gasteiger partial charge in [-0.15, -0.1) is 0 Å². The van der Waals surface area contributed by atoms with E-state index in [9.17, 15) is 0 Å². The molecule has 0 N–H and O–H groups in total. The lowest BCUT2D eigenvalue weighted by atomic mass is 10.2. The number of aromatic nitrogens is 1. The zero-order valence-electron chi connectivity index (χ0n) is 9.01. The first-order chi connectivity index (χ1) is 7.70. The van der Waals surface area contributed by atoms with Gasteiger partial charge in [0.15, 0.2) is 0 Å². The first-order valence-corrected chi connectivity index (χ1v) is 4.80. The van der Waals surface area contributed by atoms with Gasteiger partial charge in [0.25, 0.3) is 0 Å². The van der Waals surface area contributed by atoms with Gasteiger partial charge in [-0.1, -0.05) is 17.2 Å². The van der Waals surface area contributed by atoms with Crippen molar-refractivity contribution >= 4 is 5.69 Å². The van der Waals surface area contributed by atoms with Crippen LogP contribution in [0.4, 0.5) is 5.69 Å². The molecule has 0 bridgehead atoms. The van der Waals surface area contributed by atoms with Crippen LogP contribution in [-0.4, -0.2) is 4.98 Å². The number of azide groups is 1. The Balaban J connectivity index is 2.47. The number of benzene rings is 1. The molecule has 0 saturated heterocycles. The monoisotopic (exact) mass is 214 g/mol. The summed E-state index contributed by atoms with van der Waals surface area (Å²) in [5.74, 6) is 1.34. The van der Waals surface area contributed by atoms with Crippen LogP contribution in [0.2, 0.25) is 0 Å². The van der Waals surface area contributed by atoms with Crippen molar-refractivity contribution in [3.8, 4) is 11.5 Å². The summed E-state index contributed by atoms with van der Waals surface area (Å²) in [7, 11) is 0. The molecular weight excluding hydrogens is 204 g/mol. The van der Waals surface area contributed by atoms with E-state index in [4.69, 9.17) is 9.95 Å². The van der Waals surface area contributed by atoms with E-state index >= 15 is 0 Å². The summed E-state index contributed by atoms with van der Waals surface area (Å²) in [5, 5.41) is 3.53. The summed E-state index contributed by atoms with van der Waals surface area (Å²) < 4.78 is 5.49. The average Bonchev–Trinajstić information content (AvgIpc) is 2.60. The molecule has 16 heavy (non-hydrogen) atoms. The van der Waals surface area contributed by atoms with Crippen molar-refractivity contribution in [2.24, 2.45) is 5.11 Å². The Hall–Kier alpha value is -2.26. The van der Waals surface area contributed by atoms with Crippen LogP contribution < -0.4 is 0 Å². The number of nitrogens with zero attached hydrogens (tertiary/aromatic N) is 4. The highest BCUT2D eigenvalue weighted by Crippen LogP contribution is 2.25. The Kier molecular flexibility index (Phi) is 2.62. The molecule has 5 nitrogen and oxygen atoms in total. The third-order valence-electron chi connectivity index (χ3n) is 2.28. The molecule has 0 aliphatic rings. The maximum Gasteiger partial charge on any atom is 0.226 e. The molecule has 1 heterocycles. The Morgan fingerprint density at radius 1 is 1.38 bits per heavy atom. The average molecular weight is 214 g/mol. The van der Waals surface area contributed by atoms with Crippen LogP contribution in [0.25, 0.3) is 21.9 Å². The van der Waals surface area contributed by atoms with Crippen molar-refractivity contribution in [1.82, 2.24) is 4.98 Å². The van der Waals surface area contributed by atoms with E-state index < -0.39 is 0 Å². The van der Waals surface area contributed by atoms with E-state index in [1.54, 1.807) is 18.2 Å². The molecule has 2 aromatic rings. The molecular formula is C11H10N4O. The van der Waals surface area contributed by atoms with Crippen LogP contribution in [0, 0.1) is 13.8 Å². The van der Waals surface area contributed by atoms with E-state index in [-0.39, 0.29) is 0 Å². The standard InChI is InChI=1S/C11H10N4O/c1-7-8(2)16-11(13-7)9-4-3-5-10(6-9)14-15-12/h3-6H,1-2H3. The van der Waals surface area contributed by atoms with E-state index in [0.29, 0.717) is 11.6 Å². The van der Waals surface area contributed by atoms with Crippen LogP contribution in [0.15, 0.2) is 33.8 Å². The second-order valence-corrected chi connectivity index (χ2v) is 3.40. The fourth-order valence-corrected chi connectivity index (χ4v) is 1.35. The first kappa shape index (κ1) is 10.3. The fraction of sp³-hybridized carbons (Fsp3) is 0.182. The maximum atomic E-state index is 8.35. The largest absolute Gasteiger partial charge is 0.441 e. The number of hydrogen-bond acceptors (Lipinski definition) is 3. The molecule has 0 saturated carbocycles. The molecule has 0 aliphatic heterocycles. The zero-order valence-corrected chi connectivity index (χ0v) is 9.01. The molecule has 0 atom stereocenters. The molecule has 0 spiro atoms. The van der Waals surface area contributed by atoms with Crippen molar-refractivity contribution in [2.75, 3.05) is 0 Å². The van der Waals surface area contributed by atoms with Gasteiger partial charge in [-0.05, 0) is 31.5 Å². The summed E-state index contributed by atoms with van der Waals surface area (Å²) in [4.78, 5) is 7.02. The number of aryl methyl sites for hydroxylation is 2. The van der Waals surface area contributed by atoms with Crippen LogP contribution >= 0.6 is 0 Å². The third kappa shape index (κ3) is 1.89. The van der Waals surface area contributed by atoms with Crippen molar-refractivity contribution in [1.29, 1.82) is 0 Å². The van der Waals surface area contributed by atoms with Crippen molar-refractivity contribution in [2.45, 2.75) is 13.8 Å². The van der Waals surface area contributed by atoms with Crippen LogP contribution in [0.1, 0.15) is 11.5 Å². The maximum absolute atomic E-state index is 8.35. The predicted octanol–water partition coefficient (Wildman–Crippen LogP) is 3.90. The molecule has 0 amide bonds. The lowest BCUT2D eigenvalue weighted by Crippen LogP contribution is -1.77. The van der Waals surface area contributed by atoms with Gasteiger partial charge in [0.1, 0.15) is 5.76 Å². The van der Waals surface area contributed by atoms with Gasteiger partial charge < -0.3 is 4.42 Å². The minimum Gasteiger partial charge on any atom is -0.441 e. The molecule has 0 fully saturated rings. The molecule has 80 valence electrons. The lowest BCUT2D eigenvalue weighted by Gasteiger charge is -1.96. The number of oxazole rings is 1. The number of rotatable bonds is 2. The molecule has 2 rings (SSSR count).